The normalized spacial score (nSPS) is 11.8. The summed E-state index contributed by atoms with van der Waals surface area (Å²) in [5, 5.41) is 4.66. The molecule has 4 aromatic heterocycles. The van der Waals surface area contributed by atoms with E-state index in [1.807, 2.05) is 42.7 Å². The number of oxazole rings is 1. The predicted octanol–water partition coefficient (Wildman–Crippen LogP) is 12.4. The quantitative estimate of drug-likeness (QED) is 0.182. The maximum Gasteiger partial charge on any atom is 0.227 e. The van der Waals surface area contributed by atoms with Crippen LogP contribution in [0.3, 0.4) is 0 Å². The van der Waals surface area contributed by atoms with E-state index in [1.54, 1.807) is 0 Å². The summed E-state index contributed by atoms with van der Waals surface area (Å²) in [4.78, 5) is 9.67. The lowest BCUT2D eigenvalue weighted by atomic mass is 9.96. The van der Waals surface area contributed by atoms with Gasteiger partial charge in [-0.25, -0.2) is 4.98 Å². The number of fused-ring (bicyclic) bond motifs is 7. The summed E-state index contributed by atoms with van der Waals surface area (Å²) < 4.78 is 11.2. The van der Waals surface area contributed by atoms with Gasteiger partial charge in [-0.3, -0.25) is 4.98 Å². The summed E-state index contributed by atoms with van der Waals surface area (Å²) in [6.45, 7) is 0. The van der Waals surface area contributed by atoms with Gasteiger partial charge in [-0.1, -0.05) is 84.9 Å². The molecule has 0 bridgehead atoms. The smallest absolute Gasteiger partial charge is 0.227 e. The highest BCUT2D eigenvalue weighted by Gasteiger charge is 2.20. The van der Waals surface area contributed by atoms with Gasteiger partial charge in [0.1, 0.15) is 5.52 Å². The monoisotopic (exact) mass is 678 g/mol. The number of hydrogen-bond donors (Lipinski definition) is 0. The SMILES string of the molecule is c1ccc(-c2nc3c(-c4ccc5c(c4)c4cnccc4n5-c4ccccc4)cc(-c4ccc5c(c4)c4ccccc4n5-c4ccccc4)cc3o2)cc1. The van der Waals surface area contributed by atoms with Crippen LogP contribution >= 0.6 is 0 Å². The molecule has 0 saturated heterocycles. The van der Waals surface area contributed by atoms with Gasteiger partial charge < -0.3 is 13.6 Å². The molecular formula is C48H30N4O. The predicted molar refractivity (Wildman–Crippen MR) is 217 cm³/mol. The first kappa shape index (κ1) is 29.5. The maximum absolute atomic E-state index is 6.59. The molecule has 0 unspecified atom stereocenters. The first-order valence-electron chi connectivity index (χ1n) is 17.8. The fourth-order valence-corrected chi connectivity index (χ4v) is 8.02. The summed E-state index contributed by atoms with van der Waals surface area (Å²) in [7, 11) is 0. The van der Waals surface area contributed by atoms with Crippen LogP contribution in [0.25, 0.3) is 99.8 Å². The van der Waals surface area contributed by atoms with Crippen molar-refractivity contribution in [2.75, 3.05) is 0 Å². The van der Waals surface area contributed by atoms with Crippen LogP contribution in [-0.2, 0) is 0 Å². The molecule has 4 heterocycles. The van der Waals surface area contributed by atoms with Gasteiger partial charge in [-0.15, -0.1) is 0 Å². The number of benzene rings is 7. The lowest BCUT2D eigenvalue weighted by Crippen LogP contribution is -1.93. The minimum atomic E-state index is 0.603. The Morgan fingerprint density at radius 1 is 0.415 bits per heavy atom. The molecule has 0 N–H and O–H groups in total. The molecule has 0 aliphatic carbocycles. The zero-order chi connectivity index (χ0) is 34.9. The van der Waals surface area contributed by atoms with Gasteiger partial charge in [0.25, 0.3) is 0 Å². The summed E-state index contributed by atoms with van der Waals surface area (Å²) >= 11 is 0. The van der Waals surface area contributed by atoms with Crippen molar-refractivity contribution >= 4 is 54.7 Å². The van der Waals surface area contributed by atoms with Gasteiger partial charge >= 0.3 is 0 Å². The van der Waals surface area contributed by atoms with Crippen LogP contribution in [0.15, 0.2) is 187 Å². The standard InChI is InChI=1S/C48H30N4O/c1-4-12-31(13-5-1)48-50-47-38(33-21-23-44-40(27-33)41-30-49-25-24-45(41)52(44)36-16-8-3-9-17-36)28-34(29-46(47)53-48)32-20-22-43-39(26-32)37-18-10-11-19-42(37)51(43)35-14-6-2-7-15-35/h1-30H. The Bertz CT molecular complexity index is 3160. The molecule has 5 nitrogen and oxygen atoms in total. The molecule has 0 aliphatic rings. The van der Waals surface area contributed by atoms with E-state index in [4.69, 9.17) is 9.40 Å². The van der Waals surface area contributed by atoms with E-state index in [9.17, 15) is 0 Å². The van der Waals surface area contributed by atoms with Crippen LogP contribution in [0.5, 0.6) is 0 Å². The van der Waals surface area contributed by atoms with Crippen LogP contribution in [0.2, 0.25) is 0 Å². The number of aromatic nitrogens is 4. The maximum atomic E-state index is 6.59. The first-order chi connectivity index (χ1) is 26.3. The van der Waals surface area contributed by atoms with E-state index in [2.05, 4.69) is 154 Å². The fourth-order valence-electron chi connectivity index (χ4n) is 8.02. The van der Waals surface area contributed by atoms with E-state index in [1.165, 1.54) is 21.8 Å². The fraction of sp³-hybridized carbons (Fsp3) is 0. The Hall–Kier alpha value is -7.24. The highest BCUT2D eigenvalue weighted by atomic mass is 16.3. The molecule has 0 radical (unpaired) electrons. The molecule has 11 rings (SSSR count). The third kappa shape index (κ3) is 4.64. The van der Waals surface area contributed by atoms with Gasteiger partial charge in [-0.05, 0) is 102 Å². The highest BCUT2D eigenvalue weighted by molar-refractivity contribution is 6.12. The molecule has 0 saturated carbocycles. The number of nitrogens with zero attached hydrogens (tertiary/aromatic N) is 4. The van der Waals surface area contributed by atoms with Gasteiger partial charge in [-0.2, -0.15) is 0 Å². The molecule has 0 spiro atoms. The summed E-state index contributed by atoms with van der Waals surface area (Å²) in [6.07, 6.45) is 3.83. The molecule has 7 aromatic carbocycles. The van der Waals surface area contributed by atoms with Gasteiger partial charge in [0, 0.05) is 56.4 Å². The Balaban J connectivity index is 1.15. The highest BCUT2D eigenvalue weighted by Crippen LogP contribution is 2.41. The topological polar surface area (TPSA) is 48.8 Å². The van der Waals surface area contributed by atoms with Crippen LogP contribution < -0.4 is 0 Å². The molecule has 248 valence electrons. The molecule has 5 heteroatoms. The Morgan fingerprint density at radius 3 is 1.74 bits per heavy atom. The second-order valence-corrected chi connectivity index (χ2v) is 13.5. The molecule has 53 heavy (non-hydrogen) atoms. The van der Waals surface area contributed by atoms with Crippen molar-refractivity contribution in [1.29, 1.82) is 0 Å². The van der Waals surface area contributed by atoms with Crippen molar-refractivity contribution < 1.29 is 4.42 Å². The van der Waals surface area contributed by atoms with Crippen molar-refractivity contribution in [3.63, 3.8) is 0 Å². The zero-order valence-corrected chi connectivity index (χ0v) is 28.5. The Kier molecular flexibility index (Phi) is 6.48. The second kappa shape index (κ2) is 11.7. The van der Waals surface area contributed by atoms with E-state index in [0.717, 1.165) is 72.1 Å². The largest absolute Gasteiger partial charge is 0.436 e. The average molecular weight is 679 g/mol. The number of rotatable bonds is 5. The molecule has 11 aromatic rings. The van der Waals surface area contributed by atoms with Crippen molar-refractivity contribution in [2.45, 2.75) is 0 Å². The van der Waals surface area contributed by atoms with Crippen LogP contribution in [0, 0.1) is 0 Å². The Morgan fingerprint density at radius 2 is 1.00 bits per heavy atom. The zero-order valence-electron chi connectivity index (χ0n) is 28.5. The van der Waals surface area contributed by atoms with Gasteiger partial charge in [0.05, 0.1) is 22.1 Å². The minimum absolute atomic E-state index is 0.603. The van der Waals surface area contributed by atoms with Crippen LogP contribution in [0.1, 0.15) is 0 Å². The van der Waals surface area contributed by atoms with E-state index in [-0.39, 0.29) is 0 Å². The third-order valence-electron chi connectivity index (χ3n) is 10.4. The van der Waals surface area contributed by atoms with Crippen LogP contribution in [0.4, 0.5) is 0 Å². The number of pyridine rings is 1. The molecule has 0 amide bonds. The lowest BCUT2D eigenvalue weighted by Gasteiger charge is -2.10. The average Bonchev–Trinajstić information content (AvgIpc) is 3.91. The van der Waals surface area contributed by atoms with Gasteiger partial charge in [0.2, 0.25) is 5.89 Å². The van der Waals surface area contributed by atoms with E-state index in [0.29, 0.717) is 5.89 Å². The van der Waals surface area contributed by atoms with Crippen molar-refractivity contribution in [3.05, 3.63) is 182 Å². The summed E-state index contributed by atoms with van der Waals surface area (Å²) in [5.41, 5.74) is 13.6. The number of hydrogen-bond acceptors (Lipinski definition) is 3. The summed E-state index contributed by atoms with van der Waals surface area (Å²) in [5.74, 6) is 0.603. The van der Waals surface area contributed by atoms with Gasteiger partial charge in [0.15, 0.2) is 5.58 Å². The molecule has 0 fully saturated rings. The molecule has 0 atom stereocenters. The molecule has 0 aliphatic heterocycles. The first-order valence-corrected chi connectivity index (χ1v) is 17.8. The number of para-hydroxylation sites is 3. The Labute approximate surface area is 304 Å². The van der Waals surface area contributed by atoms with Crippen molar-refractivity contribution in [2.24, 2.45) is 0 Å². The van der Waals surface area contributed by atoms with Crippen molar-refractivity contribution in [1.82, 2.24) is 19.1 Å². The minimum Gasteiger partial charge on any atom is -0.436 e. The third-order valence-corrected chi connectivity index (χ3v) is 10.4. The van der Waals surface area contributed by atoms with E-state index >= 15 is 0 Å². The van der Waals surface area contributed by atoms with E-state index < -0.39 is 0 Å². The second-order valence-electron chi connectivity index (χ2n) is 13.5. The summed E-state index contributed by atoms with van der Waals surface area (Å²) in [6, 6.07) is 59.9. The van der Waals surface area contributed by atoms with Crippen LogP contribution in [-0.4, -0.2) is 19.1 Å². The lowest BCUT2D eigenvalue weighted by molar-refractivity contribution is 0.620. The molecular weight excluding hydrogens is 649 g/mol. The van der Waals surface area contributed by atoms with Crippen molar-refractivity contribution in [3.8, 4) is 45.1 Å².